The van der Waals surface area contributed by atoms with E-state index in [1.165, 1.54) is 55.7 Å². The zero-order valence-corrected chi connectivity index (χ0v) is 26.5. The van der Waals surface area contributed by atoms with Crippen molar-refractivity contribution in [2.75, 3.05) is 0 Å². The molecule has 1 heteroatoms. The number of nitrogens with zero attached hydrogens (tertiary/aromatic N) is 1. The molecule has 0 saturated carbocycles. The molecule has 0 saturated heterocycles. The third-order valence-corrected chi connectivity index (χ3v) is 8.83. The van der Waals surface area contributed by atoms with Gasteiger partial charge in [0.05, 0.1) is 5.69 Å². The quantitative estimate of drug-likeness (QED) is 0.179. The number of benzene rings is 3. The highest BCUT2D eigenvalue weighted by molar-refractivity contribution is 6.04. The van der Waals surface area contributed by atoms with Crippen LogP contribution in [-0.4, -0.2) is 4.98 Å². The molecule has 0 N–H and O–H groups in total. The molecule has 1 heterocycles. The van der Waals surface area contributed by atoms with Gasteiger partial charge in [-0.3, -0.25) is 4.98 Å². The number of fused-ring (bicyclic) bond motifs is 5. The summed E-state index contributed by atoms with van der Waals surface area (Å²) in [6.07, 6.45) is 30.3. The lowest BCUT2D eigenvalue weighted by Crippen LogP contribution is -1.92. The molecule has 46 heavy (non-hydrogen) atoms. The highest BCUT2D eigenvalue weighted by Gasteiger charge is 2.24. The van der Waals surface area contributed by atoms with Crippen molar-refractivity contribution in [1.82, 2.24) is 4.98 Å². The molecular weight excluding hydrogens is 555 g/mol. The first-order chi connectivity index (χ1) is 22.6. The van der Waals surface area contributed by atoms with Crippen molar-refractivity contribution < 1.29 is 0 Å². The summed E-state index contributed by atoms with van der Waals surface area (Å²) < 4.78 is 0. The van der Waals surface area contributed by atoms with Gasteiger partial charge in [0, 0.05) is 11.8 Å². The number of hydrogen-bond donors (Lipinski definition) is 0. The SMILES string of the molecule is C=C1c2ccc(-c3cc(C(/C=C\C)=C/C4=C/C5=CC=C/C(=C/C=C\C4)C5)cc(-c4ccccn4)c3)cc2-c2cccc(/C=C\C)c21. The fraction of sp³-hybridized carbons (Fsp3) is 0.0889. The Balaban J connectivity index is 1.37. The van der Waals surface area contributed by atoms with Crippen LogP contribution < -0.4 is 0 Å². The number of aromatic nitrogens is 1. The van der Waals surface area contributed by atoms with Crippen LogP contribution in [0.3, 0.4) is 0 Å². The first kappa shape index (κ1) is 29.2. The van der Waals surface area contributed by atoms with E-state index in [1.807, 2.05) is 12.3 Å². The lowest BCUT2D eigenvalue weighted by molar-refractivity contribution is 1.17. The molecule has 1 aromatic heterocycles. The Kier molecular flexibility index (Phi) is 8.14. The molecule has 0 spiro atoms. The standard InChI is InChI=1S/C45H37N/c1-4-12-35-18-11-19-42-43-30-37(21-22-41(43)31(3)45(35)42)39-27-38(28-40(29-39)44-20-8-9-23-46-44)36(13-5-2)26-34-15-7-6-14-32-16-10-17-33(24-32)25-34/h4-14,16-23,25-30H,3,15,24H2,1-2H3/b7-6-,12-4-,13-5-,32-14-,34-25+,36-26+. The van der Waals surface area contributed by atoms with E-state index < -0.39 is 0 Å². The molecule has 0 atom stereocenters. The summed E-state index contributed by atoms with van der Waals surface area (Å²) in [4.78, 5) is 4.74. The van der Waals surface area contributed by atoms with E-state index in [2.05, 4.69) is 160 Å². The third kappa shape index (κ3) is 5.80. The smallest absolute Gasteiger partial charge is 0.0702 e. The van der Waals surface area contributed by atoms with Gasteiger partial charge in [-0.1, -0.05) is 116 Å². The molecule has 0 aliphatic heterocycles. The van der Waals surface area contributed by atoms with E-state index in [0.29, 0.717) is 0 Å². The van der Waals surface area contributed by atoms with Crippen molar-refractivity contribution in [2.24, 2.45) is 0 Å². The molecule has 3 aliphatic carbocycles. The van der Waals surface area contributed by atoms with Crippen molar-refractivity contribution >= 4 is 17.2 Å². The highest BCUT2D eigenvalue weighted by atomic mass is 14.7. The van der Waals surface area contributed by atoms with E-state index in [0.717, 1.165) is 40.8 Å². The van der Waals surface area contributed by atoms with Crippen LogP contribution in [0.2, 0.25) is 0 Å². The minimum atomic E-state index is 0.873. The maximum atomic E-state index is 4.74. The summed E-state index contributed by atoms with van der Waals surface area (Å²) in [5.41, 5.74) is 17.9. The molecule has 4 aromatic rings. The largest absolute Gasteiger partial charge is 0.256 e. The summed E-state index contributed by atoms with van der Waals surface area (Å²) in [5.74, 6) is 0. The fourth-order valence-electron chi connectivity index (χ4n) is 6.70. The van der Waals surface area contributed by atoms with Gasteiger partial charge in [-0.2, -0.15) is 0 Å². The average Bonchev–Trinajstić information content (AvgIpc) is 3.41. The van der Waals surface area contributed by atoms with Crippen molar-refractivity contribution in [3.63, 3.8) is 0 Å². The Bertz CT molecular complexity index is 2100. The first-order valence-corrected chi connectivity index (χ1v) is 16.1. The van der Waals surface area contributed by atoms with Crippen molar-refractivity contribution in [3.8, 4) is 33.5 Å². The van der Waals surface area contributed by atoms with Gasteiger partial charge in [-0.15, -0.1) is 0 Å². The van der Waals surface area contributed by atoms with Gasteiger partial charge >= 0.3 is 0 Å². The van der Waals surface area contributed by atoms with Crippen LogP contribution in [0.15, 0.2) is 169 Å². The Morgan fingerprint density at radius 1 is 0.783 bits per heavy atom. The monoisotopic (exact) mass is 591 g/mol. The number of allylic oxidation sites excluding steroid dienone is 15. The zero-order chi connectivity index (χ0) is 31.5. The second-order valence-corrected chi connectivity index (χ2v) is 12.0. The van der Waals surface area contributed by atoms with Crippen molar-refractivity contribution in [3.05, 3.63) is 191 Å². The molecule has 222 valence electrons. The van der Waals surface area contributed by atoms with E-state index >= 15 is 0 Å². The van der Waals surface area contributed by atoms with Gasteiger partial charge in [0.15, 0.2) is 0 Å². The lowest BCUT2D eigenvalue weighted by Gasteiger charge is -2.14. The topological polar surface area (TPSA) is 12.9 Å². The lowest BCUT2D eigenvalue weighted by atomic mass is 9.91. The predicted molar refractivity (Wildman–Crippen MR) is 198 cm³/mol. The fourth-order valence-corrected chi connectivity index (χ4v) is 6.70. The van der Waals surface area contributed by atoms with Gasteiger partial charge in [0.25, 0.3) is 0 Å². The Morgan fingerprint density at radius 3 is 2.52 bits per heavy atom. The van der Waals surface area contributed by atoms with Crippen LogP contribution >= 0.6 is 0 Å². The van der Waals surface area contributed by atoms with E-state index in [1.54, 1.807) is 0 Å². The van der Waals surface area contributed by atoms with Gasteiger partial charge < -0.3 is 0 Å². The summed E-state index contributed by atoms with van der Waals surface area (Å²) in [7, 11) is 0. The zero-order valence-electron chi connectivity index (χ0n) is 26.5. The number of pyridine rings is 1. The average molecular weight is 592 g/mol. The summed E-state index contributed by atoms with van der Waals surface area (Å²) in [6, 6.07) is 26.4. The molecule has 0 radical (unpaired) electrons. The molecule has 7 rings (SSSR count). The second kappa shape index (κ2) is 12.8. The van der Waals surface area contributed by atoms with Crippen LogP contribution in [0, 0.1) is 0 Å². The summed E-state index contributed by atoms with van der Waals surface area (Å²) >= 11 is 0. The second-order valence-electron chi connectivity index (χ2n) is 12.0. The Labute approximate surface area is 273 Å². The normalized spacial score (nSPS) is 18.6. The van der Waals surface area contributed by atoms with Gasteiger partial charge in [-0.05, 0) is 135 Å². The number of hydrogen-bond acceptors (Lipinski definition) is 1. The van der Waals surface area contributed by atoms with Crippen LogP contribution in [0.1, 0.15) is 48.9 Å². The first-order valence-electron chi connectivity index (χ1n) is 16.1. The summed E-state index contributed by atoms with van der Waals surface area (Å²) in [5, 5.41) is 0. The maximum Gasteiger partial charge on any atom is 0.0702 e. The number of rotatable bonds is 6. The predicted octanol–water partition coefficient (Wildman–Crippen LogP) is 12.1. The van der Waals surface area contributed by atoms with E-state index in [-0.39, 0.29) is 0 Å². The molecule has 0 amide bonds. The minimum absolute atomic E-state index is 0.873. The maximum absolute atomic E-state index is 4.74. The molecule has 3 aromatic carbocycles. The van der Waals surface area contributed by atoms with Crippen LogP contribution in [-0.2, 0) is 0 Å². The van der Waals surface area contributed by atoms with Gasteiger partial charge in [-0.25, -0.2) is 0 Å². The summed E-state index contributed by atoms with van der Waals surface area (Å²) in [6.45, 7) is 8.66. The molecule has 1 nitrogen and oxygen atoms in total. The minimum Gasteiger partial charge on any atom is -0.256 e. The van der Waals surface area contributed by atoms with Crippen LogP contribution in [0.25, 0.3) is 50.7 Å². The van der Waals surface area contributed by atoms with Gasteiger partial charge in [0.1, 0.15) is 0 Å². The molecule has 2 bridgehead atoms. The van der Waals surface area contributed by atoms with Crippen LogP contribution in [0.5, 0.6) is 0 Å². The molecule has 0 fully saturated rings. The van der Waals surface area contributed by atoms with Crippen molar-refractivity contribution in [2.45, 2.75) is 26.7 Å². The van der Waals surface area contributed by atoms with Crippen molar-refractivity contribution in [1.29, 1.82) is 0 Å². The van der Waals surface area contributed by atoms with Crippen LogP contribution in [0.4, 0.5) is 0 Å². The Hall–Kier alpha value is -5.53. The molecule has 0 unspecified atom stereocenters. The van der Waals surface area contributed by atoms with E-state index in [4.69, 9.17) is 4.98 Å². The Morgan fingerprint density at radius 2 is 1.67 bits per heavy atom. The van der Waals surface area contributed by atoms with Gasteiger partial charge in [0.2, 0.25) is 0 Å². The van der Waals surface area contributed by atoms with E-state index in [9.17, 15) is 0 Å². The molecule has 3 aliphatic rings. The molecular formula is C45H37N. The third-order valence-electron chi connectivity index (χ3n) is 8.83. The highest BCUT2D eigenvalue weighted by Crippen LogP contribution is 2.47.